The quantitative estimate of drug-likeness (QED) is 0.833. The molecule has 0 bridgehead atoms. The van der Waals surface area contributed by atoms with Crippen LogP contribution in [0.3, 0.4) is 0 Å². The Labute approximate surface area is 137 Å². The number of amides is 1. The van der Waals surface area contributed by atoms with Crippen LogP contribution >= 0.6 is 11.3 Å². The van der Waals surface area contributed by atoms with Crippen molar-refractivity contribution in [2.24, 2.45) is 0 Å². The average Bonchev–Trinajstić information content (AvgIpc) is 2.90. The van der Waals surface area contributed by atoms with E-state index < -0.39 is 11.6 Å². The summed E-state index contributed by atoms with van der Waals surface area (Å²) in [5.41, 5.74) is 0.875. The number of hydrogen-bond donors (Lipinski definition) is 0. The van der Waals surface area contributed by atoms with Gasteiger partial charge in [0.25, 0.3) is 5.91 Å². The lowest BCUT2D eigenvalue weighted by Gasteiger charge is -2.17. The number of aromatic nitrogens is 1. The largest absolute Gasteiger partial charge is 0.375 e. The number of halogens is 2. The first-order chi connectivity index (χ1) is 10.8. The van der Waals surface area contributed by atoms with E-state index in [1.807, 2.05) is 6.92 Å². The molecule has 2 rings (SSSR count). The minimum atomic E-state index is -0.667. The molecular weight excluding hydrogens is 322 g/mol. The number of carbonyl (C=O) groups is 1. The van der Waals surface area contributed by atoms with E-state index in [1.54, 1.807) is 21.1 Å². The standard InChI is InChI=1S/C16H18F2N2O2S/c1-9-14(23-15(19-9)10(2)22-4)16(21)20(3)8-11-5-6-12(17)7-13(11)18/h5-7,10H,8H2,1-4H3/t10-/m1/s1. The third-order valence-corrected chi connectivity index (χ3v) is 4.78. The number of hydrogen-bond acceptors (Lipinski definition) is 4. The number of aryl methyl sites for hydroxylation is 1. The van der Waals surface area contributed by atoms with E-state index in [-0.39, 0.29) is 24.1 Å². The normalized spacial score (nSPS) is 12.3. The molecule has 1 aromatic heterocycles. The maximum Gasteiger partial charge on any atom is 0.265 e. The maximum atomic E-state index is 13.7. The molecule has 0 aliphatic carbocycles. The topological polar surface area (TPSA) is 42.4 Å². The van der Waals surface area contributed by atoms with Crippen molar-refractivity contribution < 1.29 is 18.3 Å². The zero-order valence-electron chi connectivity index (χ0n) is 13.4. The smallest absolute Gasteiger partial charge is 0.265 e. The molecule has 2 aromatic rings. The highest BCUT2D eigenvalue weighted by Gasteiger charge is 2.22. The van der Waals surface area contributed by atoms with Crippen molar-refractivity contribution in [1.29, 1.82) is 0 Å². The Morgan fingerprint density at radius 1 is 1.43 bits per heavy atom. The zero-order valence-corrected chi connectivity index (χ0v) is 14.2. The fourth-order valence-corrected chi connectivity index (χ4v) is 3.13. The Hall–Kier alpha value is -1.86. The van der Waals surface area contributed by atoms with Crippen LogP contribution in [0.5, 0.6) is 0 Å². The van der Waals surface area contributed by atoms with Crippen LogP contribution in [0.4, 0.5) is 8.78 Å². The summed E-state index contributed by atoms with van der Waals surface area (Å²) >= 11 is 1.26. The lowest BCUT2D eigenvalue weighted by Crippen LogP contribution is -2.26. The molecule has 1 amide bonds. The summed E-state index contributed by atoms with van der Waals surface area (Å²) in [6.45, 7) is 3.66. The van der Waals surface area contributed by atoms with Gasteiger partial charge in [-0.05, 0) is 19.9 Å². The van der Waals surface area contributed by atoms with Gasteiger partial charge in [0.05, 0.1) is 5.69 Å². The molecule has 0 fully saturated rings. The van der Waals surface area contributed by atoms with E-state index in [1.165, 1.54) is 28.4 Å². The Bertz CT molecular complexity index is 718. The second-order valence-corrected chi connectivity index (χ2v) is 6.27. The lowest BCUT2D eigenvalue weighted by atomic mass is 10.2. The molecule has 124 valence electrons. The Kier molecular flexibility index (Phi) is 5.43. The van der Waals surface area contributed by atoms with Crippen molar-refractivity contribution in [2.75, 3.05) is 14.2 Å². The molecule has 0 aliphatic heterocycles. The van der Waals surface area contributed by atoms with Crippen molar-refractivity contribution in [1.82, 2.24) is 9.88 Å². The number of nitrogens with zero attached hydrogens (tertiary/aromatic N) is 2. The summed E-state index contributed by atoms with van der Waals surface area (Å²) in [5.74, 6) is -1.56. The van der Waals surface area contributed by atoms with Crippen molar-refractivity contribution in [3.8, 4) is 0 Å². The third-order valence-electron chi connectivity index (χ3n) is 3.48. The SMILES string of the molecule is CO[C@H](C)c1nc(C)c(C(=O)N(C)Cc2ccc(F)cc2F)s1. The Balaban J connectivity index is 2.18. The Morgan fingerprint density at radius 3 is 2.74 bits per heavy atom. The summed E-state index contributed by atoms with van der Waals surface area (Å²) in [7, 11) is 3.15. The fourth-order valence-electron chi connectivity index (χ4n) is 2.04. The predicted octanol–water partition coefficient (Wildman–Crippen LogP) is 3.71. The van der Waals surface area contributed by atoms with Crippen LogP contribution in [-0.4, -0.2) is 29.9 Å². The molecule has 0 radical (unpaired) electrons. The summed E-state index contributed by atoms with van der Waals surface area (Å²) in [6, 6.07) is 3.32. The van der Waals surface area contributed by atoms with Crippen molar-refractivity contribution in [3.05, 3.63) is 51.0 Å². The zero-order chi connectivity index (χ0) is 17.1. The molecule has 7 heteroatoms. The highest BCUT2D eigenvalue weighted by atomic mass is 32.1. The lowest BCUT2D eigenvalue weighted by molar-refractivity contribution is 0.0787. The van der Waals surface area contributed by atoms with Crippen LogP contribution in [0.1, 0.15) is 39.0 Å². The third kappa shape index (κ3) is 3.92. The highest BCUT2D eigenvalue weighted by molar-refractivity contribution is 7.13. The predicted molar refractivity (Wildman–Crippen MR) is 84.4 cm³/mol. The van der Waals surface area contributed by atoms with Gasteiger partial charge in [-0.15, -0.1) is 11.3 Å². The van der Waals surface area contributed by atoms with Crippen LogP contribution < -0.4 is 0 Å². The first-order valence-corrected chi connectivity index (χ1v) is 7.84. The monoisotopic (exact) mass is 340 g/mol. The molecular formula is C16H18F2N2O2S. The van der Waals surface area contributed by atoms with Crippen LogP contribution in [0.15, 0.2) is 18.2 Å². The molecule has 0 saturated carbocycles. The minimum absolute atomic E-state index is 0.0530. The van der Waals surface area contributed by atoms with Crippen LogP contribution in [0.25, 0.3) is 0 Å². The van der Waals surface area contributed by atoms with Gasteiger partial charge in [0.1, 0.15) is 27.6 Å². The van der Waals surface area contributed by atoms with E-state index >= 15 is 0 Å². The van der Waals surface area contributed by atoms with E-state index in [0.717, 1.165) is 11.1 Å². The van der Waals surface area contributed by atoms with Gasteiger partial charge < -0.3 is 9.64 Å². The number of carbonyl (C=O) groups excluding carboxylic acids is 1. The van der Waals surface area contributed by atoms with Crippen molar-refractivity contribution in [2.45, 2.75) is 26.5 Å². The maximum absolute atomic E-state index is 13.7. The molecule has 1 aromatic carbocycles. The van der Waals surface area contributed by atoms with E-state index in [2.05, 4.69) is 4.98 Å². The number of methoxy groups -OCH3 is 1. The Morgan fingerprint density at radius 2 is 2.13 bits per heavy atom. The van der Waals surface area contributed by atoms with E-state index in [4.69, 9.17) is 4.74 Å². The van der Waals surface area contributed by atoms with Gasteiger partial charge in [-0.1, -0.05) is 6.07 Å². The molecule has 0 unspecified atom stereocenters. The molecule has 0 saturated heterocycles. The van der Waals surface area contributed by atoms with Gasteiger partial charge in [-0.2, -0.15) is 0 Å². The summed E-state index contributed by atoms with van der Waals surface area (Å²) in [5, 5.41) is 0.717. The average molecular weight is 340 g/mol. The van der Waals surface area contributed by atoms with Gasteiger partial charge in [0.2, 0.25) is 0 Å². The van der Waals surface area contributed by atoms with E-state index in [0.29, 0.717) is 10.6 Å². The molecule has 1 atom stereocenters. The summed E-state index contributed by atoms with van der Waals surface area (Å²) < 4.78 is 31.8. The molecule has 0 spiro atoms. The van der Waals surface area contributed by atoms with Gasteiger partial charge in [0, 0.05) is 32.3 Å². The van der Waals surface area contributed by atoms with Crippen LogP contribution in [0.2, 0.25) is 0 Å². The van der Waals surface area contributed by atoms with E-state index in [9.17, 15) is 13.6 Å². The second-order valence-electron chi connectivity index (χ2n) is 5.24. The van der Waals surface area contributed by atoms with Gasteiger partial charge in [0.15, 0.2) is 0 Å². The summed E-state index contributed by atoms with van der Waals surface area (Å²) in [6.07, 6.45) is -0.194. The number of thiazole rings is 1. The van der Waals surface area contributed by atoms with Gasteiger partial charge in [-0.25, -0.2) is 13.8 Å². The molecule has 0 N–H and O–H groups in total. The van der Waals surface area contributed by atoms with Gasteiger partial charge in [-0.3, -0.25) is 4.79 Å². The first-order valence-electron chi connectivity index (χ1n) is 7.03. The molecule has 0 aliphatic rings. The van der Waals surface area contributed by atoms with Gasteiger partial charge >= 0.3 is 0 Å². The van der Waals surface area contributed by atoms with Crippen LogP contribution in [0, 0.1) is 18.6 Å². The molecule has 4 nitrogen and oxygen atoms in total. The number of rotatable bonds is 5. The number of ether oxygens (including phenoxy) is 1. The second kappa shape index (κ2) is 7.14. The summed E-state index contributed by atoms with van der Waals surface area (Å²) in [4.78, 5) is 18.8. The minimum Gasteiger partial charge on any atom is -0.375 e. The number of benzene rings is 1. The van der Waals surface area contributed by atoms with Crippen molar-refractivity contribution >= 4 is 17.2 Å². The molecule has 1 heterocycles. The van der Waals surface area contributed by atoms with Crippen molar-refractivity contribution in [3.63, 3.8) is 0 Å². The molecule has 23 heavy (non-hydrogen) atoms. The fraction of sp³-hybridized carbons (Fsp3) is 0.375. The highest BCUT2D eigenvalue weighted by Crippen LogP contribution is 2.26. The first kappa shape index (κ1) is 17.5. The van der Waals surface area contributed by atoms with Crippen LogP contribution in [-0.2, 0) is 11.3 Å².